The summed E-state index contributed by atoms with van der Waals surface area (Å²) in [7, 11) is -6.46. The molecule has 4 aromatic rings. The fourth-order valence-corrected chi connectivity index (χ4v) is 5.97. The van der Waals surface area contributed by atoms with Gasteiger partial charge in [0.2, 0.25) is 11.6 Å². The molecule has 0 aliphatic carbocycles. The highest BCUT2D eigenvalue weighted by Gasteiger charge is 2.31. The van der Waals surface area contributed by atoms with Crippen LogP contribution in [-0.2, 0) is 20.2 Å². The third-order valence-corrected chi connectivity index (χ3v) is 8.51. The van der Waals surface area contributed by atoms with Crippen molar-refractivity contribution in [2.45, 2.75) is 9.79 Å². The first kappa shape index (κ1) is 32.6. The molecule has 4 aromatic carbocycles. The van der Waals surface area contributed by atoms with Crippen LogP contribution in [0.15, 0.2) is 76.5 Å². The summed E-state index contributed by atoms with van der Waals surface area (Å²) < 4.78 is 80.5. The van der Waals surface area contributed by atoms with Gasteiger partial charge in [-0.05, 0) is 36.4 Å². The smallest absolute Gasteiger partial charge is 0.342 e. The largest absolute Gasteiger partial charge is 0.507 e. The quantitative estimate of drug-likeness (QED) is 0.103. The van der Waals surface area contributed by atoms with Crippen LogP contribution in [0.2, 0.25) is 0 Å². The fraction of sp³-hybridized carbons (Fsp3) is 0.103. The molecule has 0 aliphatic heterocycles. The first-order valence-corrected chi connectivity index (χ1v) is 15.3. The molecular weight excluding hydrogens is 636 g/mol. The van der Waals surface area contributed by atoms with Gasteiger partial charge in [0.15, 0.2) is 5.75 Å². The molecule has 236 valence electrons. The molecular formula is C29H24O14S2. The predicted molar refractivity (Wildman–Crippen MR) is 155 cm³/mol. The van der Waals surface area contributed by atoms with Gasteiger partial charge in [-0.25, -0.2) is 0 Å². The minimum atomic E-state index is -4.96. The van der Waals surface area contributed by atoms with Crippen LogP contribution in [0.5, 0.6) is 40.2 Å². The molecule has 0 saturated heterocycles. The van der Waals surface area contributed by atoms with Crippen molar-refractivity contribution in [1.82, 2.24) is 0 Å². The van der Waals surface area contributed by atoms with Crippen LogP contribution >= 0.6 is 0 Å². The number of aromatic hydroxyl groups is 3. The van der Waals surface area contributed by atoms with E-state index in [9.17, 15) is 46.3 Å². The molecule has 0 fully saturated rings. The van der Waals surface area contributed by atoms with E-state index in [0.717, 1.165) is 32.4 Å². The number of hydrogen-bond donors (Lipinski definition) is 4. The summed E-state index contributed by atoms with van der Waals surface area (Å²) in [5.41, 5.74) is -1.95. The Kier molecular flexibility index (Phi) is 8.95. The lowest BCUT2D eigenvalue weighted by Gasteiger charge is -2.16. The van der Waals surface area contributed by atoms with Gasteiger partial charge >= 0.3 is 10.1 Å². The number of ether oxygens (including phenoxy) is 3. The van der Waals surface area contributed by atoms with E-state index in [0.29, 0.717) is 12.1 Å². The monoisotopic (exact) mass is 660 g/mol. The van der Waals surface area contributed by atoms with Crippen LogP contribution in [0.25, 0.3) is 0 Å². The average molecular weight is 661 g/mol. The van der Waals surface area contributed by atoms with Gasteiger partial charge in [0.05, 0.1) is 43.6 Å². The van der Waals surface area contributed by atoms with Gasteiger partial charge in [-0.15, -0.1) is 0 Å². The molecule has 16 heteroatoms. The Morgan fingerprint density at radius 3 is 1.62 bits per heavy atom. The maximum absolute atomic E-state index is 13.6. The summed E-state index contributed by atoms with van der Waals surface area (Å²) in [6.45, 7) is 0. The van der Waals surface area contributed by atoms with Gasteiger partial charge in [0.25, 0.3) is 10.1 Å². The highest BCUT2D eigenvalue weighted by atomic mass is 32.2. The van der Waals surface area contributed by atoms with E-state index in [1.807, 2.05) is 0 Å². The molecule has 0 bridgehead atoms. The molecule has 45 heavy (non-hydrogen) atoms. The normalized spacial score (nSPS) is 11.5. The molecule has 0 spiro atoms. The number of carbonyl (C=O) groups is 2. The zero-order valence-electron chi connectivity index (χ0n) is 23.5. The number of para-hydroxylation sites is 1. The molecule has 4 N–H and O–H groups in total. The van der Waals surface area contributed by atoms with Crippen molar-refractivity contribution >= 4 is 31.8 Å². The van der Waals surface area contributed by atoms with Crippen molar-refractivity contribution < 1.29 is 64.7 Å². The van der Waals surface area contributed by atoms with E-state index >= 15 is 0 Å². The third kappa shape index (κ3) is 6.47. The molecule has 0 heterocycles. The number of methoxy groups -OCH3 is 3. The summed E-state index contributed by atoms with van der Waals surface area (Å²) in [6, 6.07) is 11.8. The summed E-state index contributed by atoms with van der Waals surface area (Å²) in [6.07, 6.45) is 0. The van der Waals surface area contributed by atoms with Gasteiger partial charge in [0, 0.05) is 18.2 Å². The molecule has 14 nitrogen and oxygen atoms in total. The Balaban J connectivity index is 1.80. The number of ketones is 2. The number of carbonyl (C=O) groups excluding carboxylic acids is 2. The first-order chi connectivity index (χ1) is 21.1. The SMILES string of the molecule is COc1ccc(C(=O)c2ccccc2OS(=O)(=O)c2cc(C(=O)c3cc(S(=O)(=O)O)c(OC)cc3O)c(O)cc2OC)c(O)c1. The van der Waals surface area contributed by atoms with Crippen LogP contribution in [0.1, 0.15) is 31.8 Å². The fourth-order valence-electron chi connectivity index (χ4n) is 4.19. The number of phenolic OH excluding ortho intramolecular Hbond substituents is 3. The molecule has 0 atom stereocenters. The lowest BCUT2D eigenvalue weighted by atomic mass is 10.0. The van der Waals surface area contributed by atoms with Crippen LogP contribution < -0.4 is 18.4 Å². The van der Waals surface area contributed by atoms with Crippen molar-refractivity contribution in [3.05, 3.63) is 89.0 Å². The molecule has 4 rings (SSSR count). The highest BCUT2D eigenvalue weighted by Crippen LogP contribution is 2.38. The Bertz CT molecular complexity index is 2050. The second-order valence-electron chi connectivity index (χ2n) is 9.09. The molecule has 0 saturated carbocycles. The van der Waals surface area contributed by atoms with Crippen molar-refractivity contribution in [3.63, 3.8) is 0 Å². The van der Waals surface area contributed by atoms with E-state index in [-0.39, 0.29) is 16.9 Å². The molecule has 0 aliphatic rings. The van der Waals surface area contributed by atoms with Gasteiger partial charge in [-0.1, -0.05) is 12.1 Å². The Labute approximate surface area is 256 Å². The zero-order chi connectivity index (χ0) is 33.3. The number of rotatable bonds is 11. The standard InChI is InChI=1S/C29H24O14S2/c1-40-15-8-9-16(20(30)10-15)28(33)17-6-4-5-7-23(17)43-45(38,39)27-12-19(22(32)14-25(27)42-3)29(34)18-11-26(44(35,36)37)24(41-2)13-21(18)31/h4-14,30-32H,1-3H3,(H,35,36,37). The van der Waals surface area contributed by atoms with Crippen molar-refractivity contribution in [3.8, 4) is 40.2 Å². The lowest BCUT2D eigenvalue weighted by Crippen LogP contribution is -2.15. The van der Waals surface area contributed by atoms with Gasteiger partial charge in [0.1, 0.15) is 44.3 Å². The third-order valence-electron chi connectivity index (χ3n) is 6.38. The maximum Gasteiger partial charge on any atom is 0.342 e. The Morgan fingerprint density at radius 1 is 0.578 bits per heavy atom. The zero-order valence-corrected chi connectivity index (χ0v) is 25.2. The van der Waals surface area contributed by atoms with E-state index in [1.54, 1.807) is 0 Å². The summed E-state index contributed by atoms with van der Waals surface area (Å²) in [4.78, 5) is 25.0. The topological polar surface area (TPSA) is 220 Å². The van der Waals surface area contributed by atoms with E-state index in [1.165, 1.54) is 43.5 Å². The van der Waals surface area contributed by atoms with Crippen molar-refractivity contribution in [2.75, 3.05) is 21.3 Å². The highest BCUT2D eigenvalue weighted by molar-refractivity contribution is 7.87. The first-order valence-electron chi connectivity index (χ1n) is 12.4. The van der Waals surface area contributed by atoms with E-state index < -0.39 is 87.2 Å². The second-order valence-corrected chi connectivity index (χ2v) is 12.0. The van der Waals surface area contributed by atoms with Crippen LogP contribution in [0, 0.1) is 0 Å². The molecule has 0 radical (unpaired) electrons. The summed E-state index contributed by atoms with van der Waals surface area (Å²) in [5, 5.41) is 31.3. The van der Waals surface area contributed by atoms with E-state index in [4.69, 9.17) is 18.4 Å². The van der Waals surface area contributed by atoms with Crippen molar-refractivity contribution in [2.24, 2.45) is 0 Å². The minimum Gasteiger partial charge on any atom is -0.507 e. The summed E-state index contributed by atoms with van der Waals surface area (Å²) in [5.74, 6) is -5.36. The second kappa shape index (κ2) is 12.4. The molecule has 0 unspecified atom stereocenters. The molecule has 0 aromatic heterocycles. The number of phenols is 3. The Morgan fingerprint density at radius 2 is 1.09 bits per heavy atom. The maximum atomic E-state index is 13.6. The molecule has 0 amide bonds. The van der Waals surface area contributed by atoms with Crippen LogP contribution in [-0.4, -0.2) is 69.6 Å². The van der Waals surface area contributed by atoms with Crippen LogP contribution in [0.3, 0.4) is 0 Å². The predicted octanol–water partition coefficient (Wildman–Crippen LogP) is 3.31. The van der Waals surface area contributed by atoms with Crippen molar-refractivity contribution in [1.29, 1.82) is 0 Å². The number of hydrogen-bond acceptors (Lipinski definition) is 13. The van der Waals surface area contributed by atoms with Gasteiger partial charge in [-0.3, -0.25) is 14.1 Å². The van der Waals surface area contributed by atoms with Gasteiger partial charge < -0.3 is 33.7 Å². The Hall–Kier alpha value is -5.32. The lowest BCUT2D eigenvalue weighted by molar-refractivity contribution is 0.102. The number of benzene rings is 4. The summed E-state index contributed by atoms with van der Waals surface area (Å²) >= 11 is 0. The van der Waals surface area contributed by atoms with E-state index in [2.05, 4.69) is 0 Å². The minimum absolute atomic E-state index is 0.192. The van der Waals surface area contributed by atoms with Gasteiger partial charge in [-0.2, -0.15) is 16.8 Å². The average Bonchev–Trinajstić information content (AvgIpc) is 2.99. The van der Waals surface area contributed by atoms with Crippen LogP contribution in [0.4, 0.5) is 0 Å².